The zero-order valence-corrected chi connectivity index (χ0v) is 11.6. The average molecular weight is 258 g/mol. The van der Waals surface area contributed by atoms with E-state index >= 15 is 0 Å². The van der Waals surface area contributed by atoms with Crippen LogP contribution in [0.25, 0.3) is 0 Å². The van der Waals surface area contributed by atoms with Crippen molar-refractivity contribution in [1.29, 1.82) is 0 Å². The summed E-state index contributed by atoms with van der Waals surface area (Å²) in [5.74, 6) is 2.41. The van der Waals surface area contributed by atoms with E-state index in [-0.39, 0.29) is 11.0 Å². The summed E-state index contributed by atoms with van der Waals surface area (Å²) in [5.41, 5.74) is 1.29. The van der Waals surface area contributed by atoms with Crippen LogP contribution < -0.4 is 4.74 Å². The second kappa shape index (κ2) is 3.76. The number of rotatable bonds is 2. The molecule has 4 fully saturated rings. The molecule has 4 aliphatic carbocycles. The van der Waals surface area contributed by atoms with Crippen molar-refractivity contribution in [3.8, 4) is 5.75 Å². The maximum absolute atomic E-state index is 10.8. The Morgan fingerprint density at radius 2 is 1.68 bits per heavy atom. The van der Waals surface area contributed by atoms with Crippen LogP contribution in [0.4, 0.5) is 0 Å². The van der Waals surface area contributed by atoms with Crippen molar-refractivity contribution < 1.29 is 9.84 Å². The third kappa shape index (κ3) is 1.73. The molecule has 4 saturated carbocycles. The van der Waals surface area contributed by atoms with E-state index in [1.807, 2.05) is 0 Å². The van der Waals surface area contributed by atoms with E-state index < -0.39 is 0 Å². The molecule has 1 aromatic rings. The summed E-state index contributed by atoms with van der Waals surface area (Å²) >= 11 is 0. The van der Waals surface area contributed by atoms with Gasteiger partial charge in [-0.15, -0.1) is 0 Å². The summed E-state index contributed by atoms with van der Waals surface area (Å²) < 4.78 is 5.26. The fourth-order valence-corrected chi connectivity index (χ4v) is 5.50. The largest absolute Gasteiger partial charge is 0.497 e. The van der Waals surface area contributed by atoms with E-state index in [1.165, 1.54) is 24.8 Å². The highest BCUT2D eigenvalue weighted by Crippen LogP contribution is 2.62. The average Bonchev–Trinajstić information content (AvgIpc) is 2.36. The van der Waals surface area contributed by atoms with Gasteiger partial charge in [-0.25, -0.2) is 0 Å². The smallest absolute Gasteiger partial charge is 0.118 e. The van der Waals surface area contributed by atoms with Gasteiger partial charge in [0, 0.05) is 0 Å². The van der Waals surface area contributed by atoms with Crippen molar-refractivity contribution in [1.82, 2.24) is 0 Å². The minimum Gasteiger partial charge on any atom is -0.497 e. The molecule has 0 aromatic heterocycles. The monoisotopic (exact) mass is 258 g/mol. The van der Waals surface area contributed by atoms with Crippen LogP contribution in [0.1, 0.15) is 44.1 Å². The molecule has 0 amide bonds. The molecule has 102 valence electrons. The van der Waals surface area contributed by atoms with Gasteiger partial charge in [-0.2, -0.15) is 0 Å². The number of ether oxygens (including phenoxy) is 1. The molecule has 2 heteroatoms. The van der Waals surface area contributed by atoms with Crippen molar-refractivity contribution in [3.05, 3.63) is 29.8 Å². The van der Waals surface area contributed by atoms with Crippen LogP contribution in [-0.2, 0) is 5.41 Å². The minimum atomic E-state index is -0.371. The van der Waals surface area contributed by atoms with Crippen molar-refractivity contribution in [2.45, 2.75) is 49.5 Å². The molecular weight excluding hydrogens is 236 g/mol. The predicted octanol–water partition coefficient (Wildman–Crippen LogP) is 3.28. The summed E-state index contributed by atoms with van der Waals surface area (Å²) in [6.45, 7) is 0. The number of hydrogen-bond donors (Lipinski definition) is 1. The van der Waals surface area contributed by atoms with Crippen LogP contribution in [0.5, 0.6) is 5.75 Å². The maximum Gasteiger partial charge on any atom is 0.118 e. The standard InChI is InChI=1S/C17H22O2/c1-19-15-4-2-14(3-5-15)16-7-12-6-13(8-16)10-17(18,9-12)11-16/h2-5,12-13,18H,6-11H2,1H3. The Kier molecular flexibility index (Phi) is 2.33. The molecule has 5 rings (SSSR count). The quantitative estimate of drug-likeness (QED) is 0.882. The van der Waals surface area contributed by atoms with E-state index in [9.17, 15) is 5.11 Å². The number of methoxy groups -OCH3 is 1. The molecule has 4 bridgehead atoms. The van der Waals surface area contributed by atoms with Gasteiger partial charge in [0.05, 0.1) is 12.7 Å². The van der Waals surface area contributed by atoms with E-state index in [0.29, 0.717) is 0 Å². The van der Waals surface area contributed by atoms with Gasteiger partial charge in [0.2, 0.25) is 0 Å². The van der Waals surface area contributed by atoms with E-state index in [2.05, 4.69) is 24.3 Å². The molecule has 0 heterocycles. The van der Waals surface area contributed by atoms with Crippen LogP contribution in [-0.4, -0.2) is 17.8 Å². The summed E-state index contributed by atoms with van der Waals surface area (Å²) in [6.07, 6.45) is 6.96. The highest BCUT2D eigenvalue weighted by molar-refractivity contribution is 5.35. The molecule has 1 aromatic carbocycles. The lowest BCUT2D eigenvalue weighted by Crippen LogP contribution is -2.57. The van der Waals surface area contributed by atoms with Crippen molar-refractivity contribution in [3.63, 3.8) is 0 Å². The Morgan fingerprint density at radius 3 is 2.21 bits per heavy atom. The number of aliphatic hydroxyl groups is 1. The lowest BCUT2D eigenvalue weighted by Gasteiger charge is -2.60. The van der Waals surface area contributed by atoms with Gasteiger partial charge in [0.15, 0.2) is 0 Å². The first-order valence-corrected chi connectivity index (χ1v) is 7.48. The van der Waals surface area contributed by atoms with Gasteiger partial charge in [0.25, 0.3) is 0 Å². The summed E-state index contributed by atoms with van der Waals surface area (Å²) in [7, 11) is 1.71. The van der Waals surface area contributed by atoms with Gasteiger partial charge in [-0.1, -0.05) is 12.1 Å². The van der Waals surface area contributed by atoms with E-state index in [4.69, 9.17) is 4.74 Å². The number of hydrogen-bond acceptors (Lipinski definition) is 2. The second-order valence-corrected chi connectivity index (χ2v) is 7.19. The fraction of sp³-hybridized carbons (Fsp3) is 0.647. The molecule has 4 aliphatic rings. The molecule has 0 spiro atoms. The van der Waals surface area contributed by atoms with Crippen molar-refractivity contribution >= 4 is 0 Å². The Hall–Kier alpha value is -1.02. The van der Waals surface area contributed by atoms with Gasteiger partial charge < -0.3 is 9.84 Å². The summed E-state index contributed by atoms with van der Waals surface area (Å²) in [4.78, 5) is 0. The first kappa shape index (κ1) is 11.8. The van der Waals surface area contributed by atoms with Crippen LogP contribution in [0, 0.1) is 11.8 Å². The molecule has 1 N–H and O–H groups in total. The summed E-state index contributed by atoms with van der Waals surface area (Å²) in [5, 5.41) is 10.8. The van der Waals surface area contributed by atoms with E-state index in [1.54, 1.807) is 7.11 Å². The van der Waals surface area contributed by atoms with Crippen molar-refractivity contribution in [2.75, 3.05) is 7.11 Å². The third-order valence-electron chi connectivity index (χ3n) is 5.73. The molecule has 0 saturated heterocycles. The van der Waals surface area contributed by atoms with Gasteiger partial charge >= 0.3 is 0 Å². The topological polar surface area (TPSA) is 29.5 Å². The van der Waals surface area contributed by atoms with Crippen molar-refractivity contribution in [2.24, 2.45) is 11.8 Å². The molecule has 0 aliphatic heterocycles. The number of benzene rings is 1. The van der Waals surface area contributed by atoms with E-state index in [0.717, 1.165) is 36.8 Å². The highest BCUT2D eigenvalue weighted by Gasteiger charge is 2.57. The first-order chi connectivity index (χ1) is 9.11. The Balaban J connectivity index is 1.72. The lowest BCUT2D eigenvalue weighted by atomic mass is 9.46. The zero-order valence-electron chi connectivity index (χ0n) is 11.6. The van der Waals surface area contributed by atoms with Crippen LogP contribution in [0.3, 0.4) is 0 Å². The molecule has 0 radical (unpaired) electrons. The molecule has 2 nitrogen and oxygen atoms in total. The molecule has 2 unspecified atom stereocenters. The second-order valence-electron chi connectivity index (χ2n) is 7.19. The Labute approximate surface area is 114 Å². The SMILES string of the molecule is COc1ccc(C23CC4CC(CC(O)(C4)C2)C3)cc1. The Bertz CT molecular complexity index is 476. The predicted molar refractivity (Wildman–Crippen MR) is 74.3 cm³/mol. The maximum atomic E-state index is 10.8. The normalized spacial score (nSPS) is 43.5. The van der Waals surface area contributed by atoms with Crippen LogP contribution >= 0.6 is 0 Å². The molecule has 19 heavy (non-hydrogen) atoms. The zero-order chi connectivity index (χ0) is 13.1. The molecule has 2 atom stereocenters. The minimum absolute atomic E-state index is 0.241. The first-order valence-electron chi connectivity index (χ1n) is 7.48. The van der Waals surface area contributed by atoms with Gasteiger partial charge in [-0.05, 0) is 73.5 Å². The third-order valence-corrected chi connectivity index (χ3v) is 5.73. The Morgan fingerprint density at radius 1 is 1.05 bits per heavy atom. The lowest BCUT2D eigenvalue weighted by molar-refractivity contribution is -0.137. The van der Waals surface area contributed by atoms with Gasteiger partial charge in [0.1, 0.15) is 5.75 Å². The highest BCUT2D eigenvalue weighted by atomic mass is 16.5. The van der Waals surface area contributed by atoms with Crippen LogP contribution in [0.2, 0.25) is 0 Å². The molecular formula is C17H22O2. The fourth-order valence-electron chi connectivity index (χ4n) is 5.50. The van der Waals surface area contributed by atoms with Gasteiger partial charge in [-0.3, -0.25) is 0 Å². The summed E-state index contributed by atoms with van der Waals surface area (Å²) in [6, 6.07) is 8.57. The van der Waals surface area contributed by atoms with Crippen LogP contribution in [0.15, 0.2) is 24.3 Å².